The quantitative estimate of drug-likeness (QED) is 0.655. The Balaban J connectivity index is 3.10. The maximum absolute atomic E-state index is 10.9. The number of hydrogen-bond acceptors (Lipinski definition) is 3. The van der Waals surface area contributed by atoms with Crippen molar-refractivity contribution in [2.75, 3.05) is 17.1 Å². The molecule has 1 rings (SSSR count). The van der Waals surface area contributed by atoms with Gasteiger partial charge in [0.05, 0.1) is 5.69 Å². The van der Waals surface area contributed by atoms with Crippen LogP contribution in [-0.4, -0.2) is 15.5 Å². The molecule has 0 aliphatic heterocycles. The van der Waals surface area contributed by atoms with Gasteiger partial charge >= 0.3 is 0 Å². The largest absolute Gasteiger partial charge is 0.399 e. The molecule has 0 radical (unpaired) electrons. The van der Waals surface area contributed by atoms with Crippen LogP contribution in [0.5, 0.6) is 0 Å². The molecule has 13 heavy (non-hydrogen) atoms. The molecular weight excluding hydrogens is 190 g/mol. The molecular formula is C7H11N3O2S. The molecule has 0 heterocycles. The Bertz CT molecular complexity index is 402. The van der Waals surface area contributed by atoms with Gasteiger partial charge in [0.25, 0.3) is 10.2 Å². The van der Waals surface area contributed by atoms with Crippen LogP contribution < -0.4 is 15.2 Å². The molecule has 1 aromatic carbocycles. The summed E-state index contributed by atoms with van der Waals surface area (Å²) in [5.74, 6) is 0. The average Bonchev–Trinajstić information content (AvgIpc) is 2.01. The van der Waals surface area contributed by atoms with Crippen molar-refractivity contribution >= 4 is 21.6 Å². The van der Waals surface area contributed by atoms with E-state index in [0.29, 0.717) is 11.4 Å². The van der Waals surface area contributed by atoms with Crippen LogP contribution in [0.1, 0.15) is 0 Å². The third-order valence-electron chi connectivity index (χ3n) is 1.62. The van der Waals surface area contributed by atoms with Gasteiger partial charge in [-0.1, -0.05) is 6.07 Å². The van der Waals surface area contributed by atoms with Crippen LogP contribution >= 0.6 is 0 Å². The predicted molar refractivity (Wildman–Crippen MR) is 52.4 cm³/mol. The third kappa shape index (κ3) is 2.33. The fraction of sp³-hybridized carbons (Fsp3) is 0.143. The van der Waals surface area contributed by atoms with Gasteiger partial charge in [0, 0.05) is 12.7 Å². The summed E-state index contributed by atoms with van der Waals surface area (Å²) >= 11 is 0. The van der Waals surface area contributed by atoms with E-state index in [1.807, 2.05) is 0 Å². The fourth-order valence-electron chi connectivity index (χ4n) is 0.868. The molecule has 0 fully saturated rings. The van der Waals surface area contributed by atoms with E-state index in [9.17, 15) is 8.42 Å². The van der Waals surface area contributed by atoms with Crippen molar-refractivity contribution in [3.05, 3.63) is 24.3 Å². The molecule has 0 atom stereocenters. The van der Waals surface area contributed by atoms with Gasteiger partial charge in [-0.2, -0.15) is 8.42 Å². The molecule has 0 amide bonds. The summed E-state index contributed by atoms with van der Waals surface area (Å²) in [4.78, 5) is 0. The van der Waals surface area contributed by atoms with Crippen LogP contribution in [0.2, 0.25) is 0 Å². The Labute approximate surface area is 77.1 Å². The minimum Gasteiger partial charge on any atom is -0.399 e. The zero-order valence-corrected chi connectivity index (χ0v) is 7.95. The van der Waals surface area contributed by atoms with E-state index < -0.39 is 10.2 Å². The van der Waals surface area contributed by atoms with Crippen molar-refractivity contribution in [2.24, 2.45) is 5.14 Å². The van der Waals surface area contributed by atoms with Gasteiger partial charge in [0.2, 0.25) is 0 Å². The first-order chi connectivity index (χ1) is 5.91. The third-order valence-corrected chi connectivity index (χ3v) is 2.59. The number of rotatable bonds is 2. The SMILES string of the molecule is CN(c1cccc(N)c1)S(N)(=O)=O. The van der Waals surface area contributed by atoms with Crippen LogP contribution in [0.4, 0.5) is 11.4 Å². The van der Waals surface area contributed by atoms with Crippen LogP contribution in [0.3, 0.4) is 0 Å². The molecule has 4 N–H and O–H groups in total. The van der Waals surface area contributed by atoms with Gasteiger partial charge in [0.1, 0.15) is 0 Å². The lowest BCUT2D eigenvalue weighted by molar-refractivity contribution is 0.596. The van der Waals surface area contributed by atoms with E-state index in [4.69, 9.17) is 10.9 Å². The Morgan fingerprint density at radius 1 is 1.38 bits per heavy atom. The van der Waals surface area contributed by atoms with Crippen LogP contribution in [-0.2, 0) is 10.2 Å². The number of anilines is 2. The van der Waals surface area contributed by atoms with Crippen molar-refractivity contribution in [1.29, 1.82) is 0 Å². The van der Waals surface area contributed by atoms with Crippen molar-refractivity contribution in [3.8, 4) is 0 Å². The predicted octanol–water partition coefficient (Wildman–Crippen LogP) is -0.0915. The highest BCUT2D eigenvalue weighted by Gasteiger charge is 2.11. The van der Waals surface area contributed by atoms with Crippen LogP contribution in [0.25, 0.3) is 0 Å². The van der Waals surface area contributed by atoms with Gasteiger partial charge in [-0.25, -0.2) is 5.14 Å². The number of nitrogens with two attached hydrogens (primary N) is 2. The van der Waals surface area contributed by atoms with E-state index in [1.165, 1.54) is 13.1 Å². The lowest BCUT2D eigenvalue weighted by atomic mass is 10.3. The van der Waals surface area contributed by atoms with Crippen molar-refractivity contribution in [3.63, 3.8) is 0 Å². The fourth-order valence-corrected chi connectivity index (χ4v) is 1.28. The second kappa shape index (κ2) is 3.23. The lowest BCUT2D eigenvalue weighted by Crippen LogP contribution is -2.33. The van der Waals surface area contributed by atoms with E-state index in [1.54, 1.807) is 18.2 Å². The van der Waals surface area contributed by atoms with Gasteiger partial charge in [-0.15, -0.1) is 0 Å². The van der Waals surface area contributed by atoms with Gasteiger partial charge in [-0.05, 0) is 18.2 Å². The van der Waals surface area contributed by atoms with Crippen molar-refractivity contribution in [1.82, 2.24) is 0 Å². The molecule has 1 aromatic rings. The highest BCUT2D eigenvalue weighted by Crippen LogP contribution is 2.16. The Kier molecular flexibility index (Phi) is 2.44. The summed E-state index contributed by atoms with van der Waals surface area (Å²) in [6, 6.07) is 6.47. The zero-order valence-electron chi connectivity index (χ0n) is 7.14. The normalized spacial score (nSPS) is 11.2. The molecule has 5 nitrogen and oxygen atoms in total. The number of nitrogens with zero attached hydrogens (tertiary/aromatic N) is 1. The Morgan fingerprint density at radius 3 is 2.46 bits per heavy atom. The number of hydrogen-bond donors (Lipinski definition) is 2. The molecule has 0 saturated carbocycles. The standard InChI is InChI=1S/C7H11N3O2S/c1-10(13(9,11)12)7-4-2-3-6(8)5-7/h2-5H,8H2,1H3,(H2,9,11,12). The molecule has 0 bridgehead atoms. The first-order valence-electron chi connectivity index (χ1n) is 3.53. The molecule has 6 heteroatoms. The summed E-state index contributed by atoms with van der Waals surface area (Å²) in [7, 11) is -2.33. The van der Waals surface area contributed by atoms with Gasteiger partial charge in [-0.3, -0.25) is 4.31 Å². The topological polar surface area (TPSA) is 89.4 Å². The van der Waals surface area contributed by atoms with Crippen LogP contribution in [0, 0.1) is 0 Å². The van der Waals surface area contributed by atoms with E-state index >= 15 is 0 Å². The number of benzene rings is 1. The molecule has 0 aliphatic carbocycles. The summed E-state index contributed by atoms with van der Waals surface area (Å²) in [6.45, 7) is 0. The van der Waals surface area contributed by atoms with Crippen molar-refractivity contribution < 1.29 is 8.42 Å². The first-order valence-corrected chi connectivity index (χ1v) is 5.04. The Morgan fingerprint density at radius 2 is 2.00 bits per heavy atom. The highest BCUT2D eigenvalue weighted by atomic mass is 32.2. The highest BCUT2D eigenvalue weighted by molar-refractivity contribution is 7.90. The monoisotopic (exact) mass is 201 g/mol. The Hall–Kier alpha value is -1.27. The van der Waals surface area contributed by atoms with E-state index in [0.717, 1.165) is 4.31 Å². The summed E-state index contributed by atoms with van der Waals surface area (Å²) < 4.78 is 22.8. The average molecular weight is 201 g/mol. The maximum Gasteiger partial charge on any atom is 0.298 e. The molecule has 0 spiro atoms. The minimum atomic E-state index is -3.69. The van der Waals surface area contributed by atoms with E-state index in [-0.39, 0.29) is 0 Å². The molecule has 0 saturated heterocycles. The second-order valence-electron chi connectivity index (χ2n) is 2.61. The molecule has 0 aromatic heterocycles. The second-order valence-corrected chi connectivity index (χ2v) is 4.19. The van der Waals surface area contributed by atoms with Gasteiger partial charge < -0.3 is 5.73 Å². The minimum absolute atomic E-state index is 0.447. The molecule has 0 aliphatic rings. The zero-order chi connectivity index (χ0) is 10.1. The summed E-state index contributed by atoms with van der Waals surface area (Å²) in [5.41, 5.74) is 6.42. The summed E-state index contributed by atoms with van der Waals surface area (Å²) in [5, 5.41) is 4.92. The van der Waals surface area contributed by atoms with Crippen molar-refractivity contribution in [2.45, 2.75) is 0 Å². The first kappa shape index (κ1) is 9.82. The smallest absolute Gasteiger partial charge is 0.298 e. The lowest BCUT2D eigenvalue weighted by Gasteiger charge is -2.15. The van der Waals surface area contributed by atoms with Crippen LogP contribution in [0.15, 0.2) is 24.3 Å². The molecule has 72 valence electrons. The maximum atomic E-state index is 10.9. The summed E-state index contributed by atoms with van der Waals surface area (Å²) in [6.07, 6.45) is 0. The van der Waals surface area contributed by atoms with E-state index in [2.05, 4.69) is 0 Å². The molecule has 0 unspecified atom stereocenters. The van der Waals surface area contributed by atoms with Gasteiger partial charge in [0.15, 0.2) is 0 Å². The number of nitrogen functional groups attached to an aromatic ring is 1.